The maximum Gasteiger partial charge on any atom is 0.227 e. The Kier molecular flexibility index (Phi) is 7.84. The third-order valence-corrected chi connectivity index (χ3v) is 7.26. The molecule has 0 saturated heterocycles. The monoisotopic (exact) mass is 449 g/mol. The quantitative estimate of drug-likeness (QED) is 0.611. The lowest BCUT2D eigenvalue weighted by Crippen LogP contribution is -2.36. The van der Waals surface area contributed by atoms with E-state index in [0.29, 0.717) is 12.0 Å². The van der Waals surface area contributed by atoms with Crippen molar-refractivity contribution in [3.05, 3.63) is 47.2 Å². The minimum Gasteiger partial charge on any atom is -0.362 e. The van der Waals surface area contributed by atoms with Gasteiger partial charge in [-0.05, 0) is 69.3 Å². The molecule has 0 spiro atoms. The molecule has 1 fully saturated rings. The van der Waals surface area contributed by atoms with E-state index in [1.165, 1.54) is 24.1 Å². The highest BCUT2D eigenvalue weighted by Gasteiger charge is 2.25. The zero-order chi connectivity index (χ0) is 23.2. The smallest absolute Gasteiger partial charge is 0.227 e. The number of rotatable bonds is 8. The maximum atomic E-state index is 12.8. The van der Waals surface area contributed by atoms with Gasteiger partial charge < -0.3 is 15.5 Å². The van der Waals surface area contributed by atoms with Gasteiger partial charge in [-0.15, -0.1) is 0 Å². The molecule has 1 heterocycles. The molecule has 6 nitrogen and oxygen atoms in total. The van der Waals surface area contributed by atoms with Crippen LogP contribution >= 0.6 is 0 Å². The van der Waals surface area contributed by atoms with Crippen molar-refractivity contribution in [2.24, 2.45) is 5.92 Å². The van der Waals surface area contributed by atoms with Crippen molar-refractivity contribution in [3.63, 3.8) is 0 Å². The van der Waals surface area contributed by atoms with Crippen molar-refractivity contribution >= 4 is 17.7 Å². The molecule has 6 heteroatoms. The number of hydrogen-bond acceptors (Lipinski definition) is 5. The number of fused-ring (bicyclic) bond motifs is 1. The van der Waals surface area contributed by atoms with Crippen LogP contribution in [-0.2, 0) is 17.6 Å². The molecule has 2 N–H and O–H groups in total. The van der Waals surface area contributed by atoms with Gasteiger partial charge in [0.2, 0.25) is 11.9 Å². The Morgan fingerprint density at radius 2 is 1.79 bits per heavy atom. The number of carbonyl (C=O) groups excluding carboxylic acids is 1. The zero-order valence-corrected chi connectivity index (χ0v) is 20.4. The van der Waals surface area contributed by atoms with Crippen LogP contribution in [0.1, 0.15) is 74.6 Å². The highest BCUT2D eigenvalue weighted by molar-refractivity contribution is 5.83. The normalized spacial score (nSPS) is 21.1. The molecule has 1 aromatic heterocycles. The fraction of sp³-hybridized carbons (Fsp3) is 0.593. The Morgan fingerprint density at radius 1 is 1.06 bits per heavy atom. The summed E-state index contributed by atoms with van der Waals surface area (Å²) in [6.07, 6.45) is 9.83. The number of aromatic nitrogens is 2. The van der Waals surface area contributed by atoms with Gasteiger partial charge in [-0.1, -0.05) is 37.3 Å². The molecule has 2 aromatic rings. The second-order valence-electron chi connectivity index (χ2n) is 9.88. The summed E-state index contributed by atoms with van der Waals surface area (Å²) in [7, 11) is 4.14. The van der Waals surface area contributed by atoms with E-state index in [1.807, 2.05) is 18.2 Å². The third kappa shape index (κ3) is 5.84. The number of nitrogens with one attached hydrogen (secondary N) is 2. The summed E-state index contributed by atoms with van der Waals surface area (Å²) in [6.45, 7) is 2.85. The average molecular weight is 450 g/mol. The van der Waals surface area contributed by atoms with E-state index in [2.05, 4.69) is 48.7 Å². The van der Waals surface area contributed by atoms with E-state index in [1.54, 1.807) is 0 Å². The van der Waals surface area contributed by atoms with Crippen molar-refractivity contribution in [3.8, 4) is 0 Å². The van der Waals surface area contributed by atoms with Gasteiger partial charge in [-0.2, -0.15) is 4.98 Å². The van der Waals surface area contributed by atoms with E-state index < -0.39 is 0 Å². The first-order chi connectivity index (χ1) is 16.0. The van der Waals surface area contributed by atoms with Gasteiger partial charge in [0.1, 0.15) is 5.82 Å². The van der Waals surface area contributed by atoms with Crippen molar-refractivity contribution < 1.29 is 4.79 Å². The number of amides is 1. The second-order valence-corrected chi connectivity index (χ2v) is 9.88. The van der Waals surface area contributed by atoms with Crippen LogP contribution in [0.5, 0.6) is 0 Å². The first kappa shape index (κ1) is 23.5. The Bertz CT molecular complexity index is 922. The molecule has 0 aliphatic heterocycles. The summed E-state index contributed by atoms with van der Waals surface area (Å²) in [5.74, 6) is 2.49. The van der Waals surface area contributed by atoms with Crippen LogP contribution in [-0.4, -0.2) is 42.6 Å². The van der Waals surface area contributed by atoms with E-state index in [0.717, 1.165) is 68.8 Å². The van der Waals surface area contributed by atoms with Gasteiger partial charge in [0.25, 0.3) is 0 Å². The van der Waals surface area contributed by atoms with E-state index in [-0.39, 0.29) is 11.8 Å². The fourth-order valence-electron chi connectivity index (χ4n) is 5.33. The fourth-order valence-corrected chi connectivity index (χ4v) is 5.33. The minimum absolute atomic E-state index is 0.0590. The summed E-state index contributed by atoms with van der Waals surface area (Å²) >= 11 is 0. The number of aryl methyl sites for hydroxylation is 1. The molecule has 0 bridgehead atoms. The molecule has 1 unspecified atom stereocenters. The molecule has 1 atom stereocenters. The Morgan fingerprint density at radius 3 is 2.48 bits per heavy atom. The van der Waals surface area contributed by atoms with Crippen molar-refractivity contribution in [2.45, 2.75) is 76.7 Å². The number of nitrogens with zero attached hydrogens (tertiary/aromatic N) is 3. The molecule has 2 aliphatic carbocycles. The standard InChI is InChI=1S/C27H39N5O/c1-4-22(20-10-6-5-7-11-20)26(33)28-18-19-14-16-21(17-15-19)29-27-30-24-13-9-8-12-23(24)25(31-27)32(2)3/h5-7,10-11,19,21-22H,4,8-9,12-18H2,1-3H3,(H,28,33)(H,29,30,31). The van der Waals surface area contributed by atoms with Crippen LogP contribution in [0.4, 0.5) is 11.8 Å². The molecular weight excluding hydrogens is 410 g/mol. The lowest BCUT2D eigenvalue weighted by molar-refractivity contribution is -0.122. The van der Waals surface area contributed by atoms with E-state index in [4.69, 9.17) is 9.97 Å². The van der Waals surface area contributed by atoms with Gasteiger partial charge >= 0.3 is 0 Å². The van der Waals surface area contributed by atoms with Crippen molar-refractivity contribution in [2.75, 3.05) is 30.9 Å². The lowest BCUT2D eigenvalue weighted by Gasteiger charge is -2.30. The first-order valence-electron chi connectivity index (χ1n) is 12.7. The minimum atomic E-state index is -0.0590. The third-order valence-electron chi connectivity index (χ3n) is 7.26. The molecule has 1 saturated carbocycles. The van der Waals surface area contributed by atoms with E-state index in [9.17, 15) is 4.79 Å². The molecule has 1 amide bonds. The Labute approximate surface area is 198 Å². The van der Waals surface area contributed by atoms with Gasteiger partial charge in [0.15, 0.2) is 0 Å². The zero-order valence-electron chi connectivity index (χ0n) is 20.4. The summed E-state index contributed by atoms with van der Waals surface area (Å²) in [5, 5.41) is 6.86. The summed E-state index contributed by atoms with van der Waals surface area (Å²) in [4.78, 5) is 24.6. The van der Waals surface area contributed by atoms with Crippen LogP contribution in [0.2, 0.25) is 0 Å². The molecule has 0 radical (unpaired) electrons. The largest absolute Gasteiger partial charge is 0.362 e. The van der Waals surface area contributed by atoms with Crippen LogP contribution in [0.25, 0.3) is 0 Å². The highest BCUT2D eigenvalue weighted by Crippen LogP contribution is 2.30. The first-order valence-corrected chi connectivity index (χ1v) is 12.7. The predicted molar refractivity (Wildman–Crippen MR) is 135 cm³/mol. The highest BCUT2D eigenvalue weighted by atomic mass is 16.1. The molecule has 4 rings (SSSR count). The number of hydrogen-bond donors (Lipinski definition) is 2. The molecule has 178 valence electrons. The molecule has 33 heavy (non-hydrogen) atoms. The molecule has 2 aliphatic rings. The second kappa shape index (κ2) is 11.0. The van der Waals surface area contributed by atoms with Crippen LogP contribution in [0, 0.1) is 5.92 Å². The van der Waals surface area contributed by atoms with Crippen LogP contribution < -0.4 is 15.5 Å². The van der Waals surface area contributed by atoms with Crippen LogP contribution in [0.3, 0.4) is 0 Å². The summed E-state index contributed by atoms with van der Waals surface area (Å²) in [6, 6.07) is 10.5. The van der Waals surface area contributed by atoms with Crippen molar-refractivity contribution in [1.29, 1.82) is 0 Å². The van der Waals surface area contributed by atoms with E-state index >= 15 is 0 Å². The van der Waals surface area contributed by atoms with Crippen LogP contribution in [0.15, 0.2) is 30.3 Å². The molecule has 1 aromatic carbocycles. The van der Waals surface area contributed by atoms with Gasteiger partial charge in [-0.25, -0.2) is 4.98 Å². The lowest BCUT2D eigenvalue weighted by atomic mass is 9.85. The maximum absolute atomic E-state index is 12.8. The SMILES string of the molecule is CCC(C(=O)NCC1CCC(Nc2nc3c(c(N(C)C)n2)CCCC3)CC1)c1ccccc1. The average Bonchev–Trinajstić information content (AvgIpc) is 2.84. The number of carbonyl (C=O) groups is 1. The summed E-state index contributed by atoms with van der Waals surface area (Å²) < 4.78 is 0. The number of anilines is 2. The van der Waals surface area contributed by atoms with Gasteiger partial charge in [-0.3, -0.25) is 4.79 Å². The summed E-state index contributed by atoms with van der Waals surface area (Å²) in [5.41, 5.74) is 3.66. The van der Waals surface area contributed by atoms with Crippen molar-refractivity contribution in [1.82, 2.24) is 15.3 Å². The number of benzene rings is 1. The Balaban J connectivity index is 1.28. The predicted octanol–water partition coefficient (Wildman–Crippen LogP) is 4.70. The Hall–Kier alpha value is -2.63. The van der Waals surface area contributed by atoms with Gasteiger partial charge in [0.05, 0.1) is 11.6 Å². The molecular formula is C27H39N5O. The van der Waals surface area contributed by atoms with Gasteiger partial charge in [0, 0.05) is 32.2 Å². The topological polar surface area (TPSA) is 70.2 Å².